The van der Waals surface area contributed by atoms with Crippen LogP contribution in [0, 0.1) is 47.1 Å². The number of fused-ring (bicyclic) bond motifs is 2. The van der Waals surface area contributed by atoms with Crippen LogP contribution in [0.15, 0.2) is 83.3 Å². The van der Waals surface area contributed by atoms with E-state index < -0.39 is 11.6 Å². The highest BCUT2D eigenvalue weighted by Gasteiger charge is 2.49. The van der Waals surface area contributed by atoms with Gasteiger partial charge in [0.25, 0.3) is 0 Å². The van der Waals surface area contributed by atoms with Crippen molar-refractivity contribution in [2.24, 2.45) is 45.7 Å². The number of urea groups is 1. The van der Waals surface area contributed by atoms with E-state index in [-0.39, 0.29) is 41.6 Å². The van der Waals surface area contributed by atoms with Gasteiger partial charge in [-0.25, -0.2) is 33.6 Å². The van der Waals surface area contributed by atoms with E-state index in [9.17, 15) is 13.6 Å². The summed E-state index contributed by atoms with van der Waals surface area (Å²) < 4.78 is 27.5. The number of hydrazone groups is 2. The van der Waals surface area contributed by atoms with Crippen LogP contribution in [0.2, 0.25) is 0 Å². The molecule has 15 heteroatoms. The van der Waals surface area contributed by atoms with Gasteiger partial charge in [0.1, 0.15) is 0 Å². The van der Waals surface area contributed by atoms with Crippen molar-refractivity contribution < 1.29 is 13.6 Å². The zero-order valence-electron chi connectivity index (χ0n) is 30.9. The zero-order chi connectivity index (χ0) is 38.1. The van der Waals surface area contributed by atoms with Gasteiger partial charge >= 0.3 is 6.03 Å². The van der Waals surface area contributed by atoms with E-state index in [0.717, 1.165) is 86.8 Å². The van der Waals surface area contributed by atoms with E-state index in [4.69, 9.17) is 21.7 Å². The summed E-state index contributed by atoms with van der Waals surface area (Å²) in [6.45, 7) is 3.13. The molecule has 4 fully saturated rings. The van der Waals surface area contributed by atoms with Crippen molar-refractivity contribution in [3.8, 4) is 0 Å². The molecule has 2 saturated heterocycles. The number of hydrogen-bond donors (Lipinski definition) is 2. The first-order valence-corrected chi connectivity index (χ1v) is 19.7. The number of carbonyl (C=O) groups excluding carboxylic acids is 1. The van der Waals surface area contributed by atoms with E-state index in [1.54, 1.807) is 10.0 Å². The summed E-state index contributed by atoms with van der Waals surface area (Å²) in [6.07, 6.45) is 7.47. The summed E-state index contributed by atoms with van der Waals surface area (Å²) in [6, 6.07) is 19.7. The van der Waals surface area contributed by atoms with Crippen LogP contribution in [-0.2, 0) is 0 Å². The molecule has 0 unspecified atom stereocenters. The Labute approximate surface area is 323 Å². The zero-order valence-corrected chi connectivity index (χ0v) is 30.9. The lowest BCUT2D eigenvalue weighted by Crippen LogP contribution is -2.38. The molecule has 4 aliphatic heterocycles. The third-order valence-electron chi connectivity index (χ3n) is 13.2. The lowest BCUT2D eigenvalue weighted by Gasteiger charge is -2.29. The SMILES string of the molecule is Nc1nc(N2C[C@H]3C[C@H](C4=NN(C(=O)N5N=C([C@H]6C[C@@H]7CN(c8ncc(F)c(N)n8)C[C@@H]7C6)C[C@@H]5c5ccccc5)[C@@H](c5ccccc5)C4)C[C@H]3C2)ncc1F. The van der Waals surface area contributed by atoms with Crippen molar-refractivity contribution >= 4 is 41.0 Å². The molecular formula is C41H44F2N12O. The van der Waals surface area contributed by atoms with E-state index in [1.807, 2.05) is 36.4 Å². The number of carbonyl (C=O) groups is 1. The van der Waals surface area contributed by atoms with E-state index >= 15 is 0 Å². The van der Waals surface area contributed by atoms with Crippen LogP contribution >= 0.6 is 0 Å². The van der Waals surface area contributed by atoms with Crippen LogP contribution < -0.4 is 21.3 Å². The maximum Gasteiger partial charge on any atom is 0.361 e. The second-order valence-electron chi connectivity index (χ2n) is 16.4. The lowest BCUT2D eigenvalue weighted by atomic mass is 9.92. The molecule has 4 N–H and O–H groups in total. The molecule has 2 aromatic heterocycles. The first-order chi connectivity index (χ1) is 27.3. The molecule has 288 valence electrons. The molecule has 8 atom stereocenters. The van der Waals surface area contributed by atoms with Gasteiger partial charge in [-0.1, -0.05) is 60.7 Å². The van der Waals surface area contributed by atoms with Crippen molar-refractivity contribution in [2.45, 2.75) is 50.6 Å². The Bertz CT molecular complexity index is 2030. The summed E-state index contributed by atoms with van der Waals surface area (Å²) in [5.41, 5.74) is 15.7. The van der Waals surface area contributed by atoms with Gasteiger partial charge in [-0.2, -0.15) is 20.2 Å². The predicted molar refractivity (Wildman–Crippen MR) is 208 cm³/mol. The molecule has 6 aliphatic rings. The summed E-state index contributed by atoms with van der Waals surface area (Å²) in [4.78, 5) is 36.0. The Morgan fingerprint density at radius 1 is 0.589 bits per heavy atom. The number of aromatic nitrogens is 4. The fourth-order valence-electron chi connectivity index (χ4n) is 10.4. The second-order valence-corrected chi connectivity index (χ2v) is 16.4. The lowest BCUT2D eigenvalue weighted by molar-refractivity contribution is 0.132. The van der Waals surface area contributed by atoms with E-state index in [2.05, 4.69) is 54.0 Å². The third-order valence-corrected chi connectivity index (χ3v) is 13.2. The highest BCUT2D eigenvalue weighted by molar-refractivity contribution is 5.94. The standard InChI is InChI=1S/C41H44F2N12O/c42-31-17-46-39(48-37(31)44)52-19-27-11-25(12-28(27)20-52)33-15-35(23-7-3-1-4-8-23)54(50-33)41(56)55-36(24-9-5-2-6-10-24)16-34(51-55)26-13-29-21-53(22-30(29)14-26)40-47-18-32(43)38(45)49-40/h1-10,17-18,25-30,35-36H,11-16,19-22H2,(H2,44,46,48)(H2,45,47,49)/t25-,26-,27+,28-,29+,30-,35-,36-/m1/s1. The Kier molecular flexibility index (Phi) is 8.55. The van der Waals surface area contributed by atoms with Gasteiger partial charge in [0.2, 0.25) is 11.9 Å². The Morgan fingerprint density at radius 3 is 1.32 bits per heavy atom. The molecule has 2 aliphatic carbocycles. The number of nitrogen functional groups attached to an aromatic ring is 2. The molecule has 0 bridgehead atoms. The maximum atomic E-state index is 15.0. The Hall–Kier alpha value is -5.73. The topological polar surface area (TPSA) is 158 Å². The van der Waals surface area contributed by atoms with Crippen LogP contribution in [-0.4, -0.2) is 73.6 Å². The number of nitrogens with zero attached hydrogens (tertiary/aromatic N) is 10. The predicted octanol–water partition coefficient (Wildman–Crippen LogP) is 6.06. The minimum Gasteiger partial charge on any atom is -0.381 e. The van der Waals surface area contributed by atoms with Gasteiger partial charge in [-0.05, 0) is 72.3 Å². The first-order valence-electron chi connectivity index (χ1n) is 19.7. The molecule has 2 amide bonds. The molecule has 56 heavy (non-hydrogen) atoms. The molecule has 10 rings (SSSR count). The summed E-state index contributed by atoms with van der Waals surface area (Å²) in [5.74, 6) is 1.67. The van der Waals surface area contributed by atoms with Crippen LogP contribution in [0.1, 0.15) is 61.7 Å². The molecule has 4 aromatic rings. The Balaban J connectivity index is 0.885. The monoisotopic (exact) mass is 758 g/mol. The normalized spacial score (nSPS) is 29.5. The summed E-state index contributed by atoms with van der Waals surface area (Å²) >= 11 is 0. The summed E-state index contributed by atoms with van der Waals surface area (Å²) in [7, 11) is 0. The van der Waals surface area contributed by atoms with Crippen LogP contribution in [0.4, 0.5) is 37.1 Å². The highest BCUT2D eigenvalue weighted by Crippen LogP contribution is 2.48. The van der Waals surface area contributed by atoms with Gasteiger partial charge in [0.05, 0.1) is 24.5 Å². The maximum absolute atomic E-state index is 15.0. The fraction of sp³-hybridized carbons (Fsp3) is 0.439. The van der Waals surface area contributed by atoms with E-state index in [1.165, 1.54) is 0 Å². The molecule has 0 spiro atoms. The molecule has 2 saturated carbocycles. The van der Waals surface area contributed by atoms with Crippen LogP contribution in [0.3, 0.4) is 0 Å². The quantitative estimate of drug-likeness (QED) is 0.239. The molecule has 2 aromatic carbocycles. The minimum atomic E-state index is -0.607. The van der Waals surface area contributed by atoms with Gasteiger partial charge < -0.3 is 21.3 Å². The summed E-state index contributed by atoms with van der Waals surface area (Å²) in [5, 5.41) is 13.8. The van der Waals surface area contributed by atoms with Gasteiger partial charge in [-0.15, -0.1) is 0 Å². The molecular weight excluding hydrogens is 715 g/mol. The van der Waals surface area contributed by atoms with Gasteiger partial charge in [0, 0.05) is 50.4 Å². The minimum absolute atomic E-state index is 0.131. The van der Waals surface area contributed by atoms with Gasteiger partial charge in [0.15, 0.2) is 23.3 Å². The number of nitrogens with two attached hydrogens (primary N) is 2. The first kappa shape index (κ1) is 34.7. The number of rotatable bonds is 6. The second kappa shape index (κ2) is 13.8. The Morgan fingerprint density at radius 2 is 0.964 bits per heavy atom. The smallest absolute Gasteiger partial charge is 0.361 e. The van der Waals surface area contributed by atoms with Crippen molar-refractivity contribution in [3.63, 3.8) is 0 Å². The average Bonchev–Trinajstić information content (AvgIpc) is 4.06. The average molecular weight is 759 g/mol. The van der Waals surface area contributed by atoms with Crippen molar-refractivity contribution in [1.29, 1.82) is 0 Å². The number of halogens is 2. The van der Waals surface area contributed by atoms with E-state index in [0.29, 0.717) is 48.4 Å². The highest BCUT2D eigenvalue weighted by atomic mass is 19.1. The number of benzene rings is 2. The molecule has 0 radical (unpaired) electrons. The molecule has 13 nitrogen and oxygen atoms in total. The third kappa shape index (κ3) is 6.16. The fourth-order valence-corrected chi connectivity index (χ4v) is 10.4. The number of hydrogen-bond acceptors (Lipinski definition) is 11. The van der Waals surface area contributed by atoms with Gasteiger partial charge in [-0.3, -0.25) is 0 Å². The van der Waals surface area contributed by atoms with Crippen LogP contribution in [0.5, 0.6) is 0 Å². The molecule has 6 heterocycles. The number of amides is 2. The van der Waals surface area contributed by atoms with Crippen molar-refractivity contribution in [1.82, 2.24) is 30.0 Å². The van der Waals surface area contributed by atoms with Crippen molar-refractivity contribution in [2.75, 3.05) is 47.4 Å². The largest absolute Gasteiger partial charge is 0.381 e. The van der Waals surface area contributed by atoms with Crippen molar-refractivity contribution in [3.05, 3.63) is 95.8 Å². The van der Waals surface area contributed by atoms with Crippen LogP contribution in [0.25, 0.3) is 0 Å². The number of anilines is 4.